The van der Waals surface area contributed by atoms with Crippen molar-refractivity contribution in [2.75, 3.05) is 4.90 Å². The zero-order valence-electron chi connectivity index (χ0n) is 29.8. The average molecular weight is 720 g/mol. The van der Waals surface area contributed by atoms with Crippen molar-refractivity contribution < 1.29 is 4.42 Å². The Morgan fingerprint density at radius 3 is 1.84 bits per heavy atom. The van der Waals surface area contributed by atoms with Crippen LogP contribution in [0.25, 0.3) is 86.3 Å². The Bertz CT molecular complexity index is 3220. The van der Waals surface area contributed by atoms with Crippen molar-refractivity contribution in [3.05, 3.63) is 200 Å². The molecule has 11 aromatic rings. The van der Waals surface area contributed by atoms with Crippen LogP contribution in [0.2, 0.25) is 0 Å². The monoisotopic (exact) mass is 719 g/mol. The fourth-order valence-electron chi connectivity index (χ4n) is 8.18. The van der Waals surface area contributed by atoms with E-state index in [1.54, 1.807) is 0 Å². The highest BCUT2D eigenvalue weighted by molar-refractivity contribution is 7.25. The van der Waals surface area contributed by atoms with E-state index in [1.165, 1.54) is 53.2 Å². The summed E-state index contributed by atoms with van der Waals surface area (Å²) >= 11 is 1.86. The molecule has 55 heavy (non-hydrogen) atoms. The number of fused-ring (bicyclic) bond motifs is 7. The van der Waals surface area contributed by atoms with E-state index in [0.29, 0.717) is 0 Å². The molecule has 0 aliphatic heterocycles. The van der Waals surface area contributed by atoms with Gasteiger partial charge in [0, 0.05) is 48.0 Å². The number of benzene rings is 9. The van der Waals surface area contributed by atoms with Gasteiger partial charge in [0.05, 0.1) is 0 Å². The van der Waals surface area contributed by atoms with Gasteiger partial charge in [0.25, 0.3) is 0 Å². The van der Waals surface area contributed by atoms with Gasteiger partial charge in [-0.3, -0.25) is 0 Å². The Morgan fingerprint density at radius 1 is 0.345 bits per heavy atom. The molecule has 0 radical (unpaired) electrons. The molecule has 0 fully saturated rings. The van der Waals surface area contributed by atoms with E-state index in [9.17, 15) is 0 Å². The Labute approximate surface area is 322 Å². The topological polar surface area (TPSA) is 16.4 Å². The minimum atomic E-state index is 0.907. The Morgan fingerprint density at radius 2 is 0.964 bits per heavy atom. The molecule has 258 valence electrons. The largest absolute Gasteiger partial charge is 0.456 e. The number of nitrogens with zero attached hydrogens (tertiary/aromatic N) is 1. The number of anilines is 3. The van der Waals surface area contributed by atoms with E-state index in [2.05, 4.69) is 193 Å². The maximum absolute atomic E-state index is 6.13. The lowest BCUT2D eigenvalue weighted by Crippen LogP contribution is -2.10. The Kier molecular flexibility index (Phi) is 7.39. The zero-order valence-corrected chi connectivity index (χ0v) is 30.6. The van der Waals surface area contributed by atoms with Gasteiger partial charge in [-0.25, -0.2) is 0 Å². The number of para-hydroxylation sites is 1. The van der Waals surface area contributed by atoms with Crippen molar-refractivity contribution in [1.29, 1.82) is 0 Å². The van der Waals surface area contributed by atoms with E-state index < -0.39 is 0 Å². The van der Waals surface area contributed by atoms with E-state index >= 15 is 0 Å². The summed E-state index contributed by atoms with van der Waals surface area (Å²) in [7, 11) is 0. The molecular weight excluding hydrogens is 687 g/mol. The van der Waals surface area contributed by atoms with Gasteiger partial charge in [-0.05, 0) is 117 Å². The summed E-state index contributed by atoms with van der Waals surface area (Å²) in [6.45, 7) is 0. The highest BCUT2D eigenvalue weighted by Crippen LogP contribution is 2.43. The third kappa shape index (κ3) is 5.48. The lowest BCUT2D eigenvalue weighted by Gasteiger charge is -2.27. The second-order valence-corrected chi connectivity index (χ2v) is 15.2. The summed E-state index contributed by atoms with van der Waals surface area (Å²) < 4.78 is 8.75. The van der Waals surface area contributed by atoms with Crippen molar-refractivity contribution in [2.45, 2.75) is 0 Å². The maximum atomic E-state index is 6.13. The molecule has 2 aromatic heterocycles. The molecule has 0 aliphatic carbocycles. The minimum Gasteiger partial charge on any atom is -0.456 e. The molecule has 11 rings (SSSR count). The van der Waals surface area contributed by atoms with Crippen molar-refractivity contribution in [1.82, 2.24) is 0 Å². The number of hydrogen-bond donors (Lipinski definition) is 0. The van der Waals surface area contributed by atoms with Crippen LogP contribution in [0.1, 0.15) is 0 Å². The highest BCUT2D eigenvalue weighted by Gasteiger charge is 2.17. The minimum absolute atomic E-state index is 0.907. The zero-order chi connectivity index (χ0) is 36.3. The van der Waals surface area contributed by atoms with Gasteiger partial charge >= 0.3 is 0 Å². The number of thiophene rings is 1. The van der Waals surface area contributed by atoms with Crippen LogP contribution in [0, 0.1) is 0 Å². The molecule has 0 spiro atoms. The van der Waals surface area contributed by atoms with Crippen LogP contribution >= 0.6 is 11.3 Å². The normalized spacial score (nSPS) is 11.6. The van der Waals surface area contributed by atoms with Crippen molar-refractivity contribution in [3.8, 4) is 33.4 Å². The fourth-order valence-corrected chi connectivity index (χ4v) is 9.31. The van der Waals surface area contributed by atoms with Gasteiger partial charge in [-0.1, -0.05) is 127 Å². The summed E-state index contributed by atoms with van der Waals surface area (Å²) in [6, 6.07) is 72.4. The molecular formula is C52H33NOS. The Hall–Kier alpha value is -6.94. The van der Waals surface area contributed by atoms with E-state index in [1.807, 2.05) is 23.5 Å². The van der Waals surface area contributed by atoms with E-state index in [0.717, 1.165) is 50.1 Å². The van der Waals surface area contributed by atoms with Crippen LogP contribution in [0.4, 0.5) is 17.1 Å². The summed E-state index contributed by atoms with van der Waals surface area (Å²) in [4.78, 5) is 2.39. The van der Waals surface area contributed by atoms with Crippen LogP contribution in [-0.2, 0) is 0 Å². The molecule has 2 heterocycles. The smallest absolute Gasteiger partial charge is 0.135 e. The number of furan rings is 1. The van der Waals surface area contributed by atoms with E-state index in [-0.39, 0.29) is 0 Å². The van der Waals surface area contributed by atoms with Crippen LogP contribution in [0.3, 0.4) is 0 Å². The van der Waals surface area contributed by atoms with Crippen LogP contribution in [0.5, 0.6) is 0 Å². The summed E-state index contributed by atoms with van der Waals surface area (Å²) in [5.74, 6) is 0. The number of hydrogen-bond acceptors (Lipinski definition) is 3. The van der Waals surface area contributed by atoms with Gasteiger partial charge in [0.15, 0.2) is 0 Å². The van der Waals surface area contributed by atoms with Gasteiger partial charge < -0.3 is 9.32 Å². The van der Waals surface area contributed by atoms with Crippen LogP contribution in [0.15, 0.2) is 205 Å². The molecule has 0 N–H and O–H groups in total. The standard InChI is InChI=1S/C52H33NOS/c1-2-11-36-30-38(23-22-34(36)10-1)37-12-7-14-42(31-37)53(41-27-24-35(25-28-41)39-26-29-49-47(33-39)45-16-3-5-19-48(45)54-49)43-15-8-13-40(32-43)44-18-9-21-51-52(44)46-17-4-6-20-50(46)55-51/h1-33H. The lowest BCUT2D eigenvalue weighted by molar-refractivity contribution is 0.669. The molecule has 0 aliphatic rings. The first-order valence-electron chi connectivity index (χ1n) is 18.7. The fraction of sp³-hybridized carbons (Fsp3) is 0. The third-order valence-corrected chi connectivity index (χ3v) is 12.0. The predicted molar refractivity (Wildman–Crippen MR) is 235 cm³/mol. The van der Waals surface area contributed by atoms with Gasteiger partial charge in [0.2, 0.25) is 0 Å². The van der Waals surface area contributed by atoms with Crippen LogP contribution < -0.4 is 4.90 Å². The molecule has 0 saturated carbocycles. The quantitative estimate of drug-likeness (QED) is 0.170. The van der Waals surface area contributed by atoms with Crippen molar-refractivity contribution >= 4 is 81.3 Å². The first-order chi connectivity index (χ1) is 27.2. The summed E-state index contributed by atoms with van der Waals surface area (Å²) in [6.07, 6.45) is 0. The first kappa shape index (κ1) is 31.6. The highest BCUT2D eigenvalue weighted by atomic mass is 32.1. The van der Waals surface area contributed by atoms with Crippen LogP contribution in [-0.4, -0.2) is 0 Å². The molecule has 0 amide bonds. The second-order valence-electron chi connectivity index (χ2n) is 14.1. The molecule has 0 atom stereocenters. The summed E-state index contributed by atoms with van der Waals surface area (Å²) in [5, 5.41) is 7.38. The maximum Gasteiger partial charge on any atom is 0.135 e. The predicted octanol–water partition coefficient (Wildman–Crippen LogP) is 15.6. The molecule has 2 nitrogen and oxygen atoms in total. The SMILES string of the molecule is c1cc(-c2ccc3ccccc3c2)cc(N(c2ccc(-c3ccc4oc5ccccc5c4c3)cc2)c2cccc(-c3cccc4sc5ccccc5c34)c2)c1. The molecule has 0 unspecified atom stereocenters. The average Bonchev–Trinajstić information content (AvgIpc) is 3.82. The van der Waals surface area contributed by atoms with E-state index in [4.69, 9.17) is 4.42 Å². The molecule has 9 aromatic carbocycles. The number of rotatable bonds is 6. The Balaban J connectivity index is 1.05. The van der Waals surface area contributed by atoms with Crippen molar-refractivity contribution in [2.24, 2.45) is 0 Å². The molecule has 3 heteroatoms. The summed E-state index contributed by atoms with van der Waals surface area (Å²) in [5.41, 5.74) is 12.2. The first-order valence-corrected chi connectivity index (χ1v) is 19.5. The molecule has 0 saturated heterocycles. The van der Waals surface area contributed by atoms with Gasteiger partial charge in [0.1, 0.15) is 11.2 Å². The molecule has 0 bridgehead atoms. The lowest BCUT2D eigenvalue weighted by atomic mass is 9.98. The second kappa shape index (κ2) is 12.9. The third-order valence-electron chi connectivity index (χ3n) is 10.8. The van der Waals surface area contributed by atoms with Gasteiger partial charge in [-0.2, -0.15) is 0 Å². The van der Waals surface area contributed by atoms with Crippen molar-refractivity contribution in [3.63, 3.8) is 0 Å². The van der Waals surface area contributed by atoms with Gasteiger partial charge in [-0.15, -0.1) is 11.3 Å².